The number of benzene rings is 1. The van der Waals surface area contributed by atoms with Gasteiger partial charge in [0, 0.05) is 17.1 Å². The van der Waals surface area contributed by atoms with Crippen LogP contribution in [0.5, 0.6) is 0 Å². The van der Waals surface area contributed by atoms with Gasteiger partial charge >= 0.3 is 0 Å². The molecule has 0 saturated heterocycles. The summed E-state index contributed by atoms with van der Waals surface area (Å²) in [4.78, 5) is 0.262. The molecule has 1 aromatic carbocycles. The van der Waals surface area contributed by atoms with Crippen LogP contribution in [-0.4, -0.2) is 25.3 Å². The summed E-state index contributed by atoms with van der Waals surface area (Å²) in [5, 5.41) is 0.499. The van der Waals surface area contributed by atoms with Crippen molar-refractivity contribution in [2.75, 3.05) is 6.54 Å². The highest BCUT2D eigenvalue weighted by atomic mass is 79.9. The van der Waals surface area contributed by atoms with Gasteiger partial charge in [-0.05, 0) is 53.9 Å². The first-order valence-electron chi connectivity index (χ1n) is 6.13. The number of hydrogen-bond acceptors (Lipinski definition) is 2. The first kappa shape index (κ1) is 17.0. The maximum Gasteiger partial charge on any atom is 0.243 e. The first-order valence-corrected chi connectivity index (χ1v) is 8.74. The van der Waals surface area contributed by atoms with E-state index in [0.29, 0.717) is 16.0 Å². The molecule has 0 N–H and O–H groups in total. The average Bonchev–Trinajstić information content (AvgIpc) is 2.28. The van der Waals surface area contributed by atoms with Crippen LogP contribution in [0.4, 0.5) is 0 Å². The average molecular weight is 369 g/mol. The van der Waals surface area contributed by atoms with Gasteiger partial charge in [0.2, 0.25) is 10.0 Å². The molecule has 0 saturated carbocycles. The molecule has 0 aliphatic rings. The Labute approximate surface area is 129 Å². The zero-order valence-corrected chi connectivity index (χ0v) is 14.7. The van der Waals surface area contributed by atoms with E-state index in [1.54, 1.807) is 12.1 Å². The fourth-order valence-electron chi connectivity index (χ4n) is 1.72. The van der Waals surface area contributed by atoms with E-state index in [-0.39, 0.29) is 16.9 Å². The fraction of sp³-hybridized carbons (Fsp3) is 0.538. The van der Waals surface area contributed by atoms with Gasteiger partial charge in [-0.25, -0.2) is 8.42 Å². The predicted molar refractivity (Wildman–Crippen MR) is 83.0 cm³/mol. The van der Waals surface area contributed by atoms with E-state index in [0.717, 1.165) is 0 Å². The molecular weight excluding hydrogens is 350 g/mol. The van der Waals surface area contributed by atoms with E-state index in [9.17, 15) is 8.42 Å². The number of nitrogens with zero attached hydrogens (tertiary/aromatic N) is 1. The van der Waals surface area contributed by atoms with Crippen LogP contribution >= 0.6 is 27.5 Å². The Kier molecular flexibility index (Phi) is 5.86. The van der Waals surface area contributed by atoms with Crippen molar-refractivity contribution in [2.24, 2.45) is 5.92 Å². The topological polar surface area (TPSA) is 37.4 Å². The van der Waals surface area contributed by atoms with Gasteiger partial charge in [-0.1, -0.05) is 25.4 Å². The SMILES string of the molecule is CC(C)CN(C(C)C)S(=O)(=O)c1ccc(Cl)c(Br)c1. The maximum atomic E-state index is 12.6. The van der Waals surface area contributed by atoms with Gasteiger partial charge in [0.25, 0.3) is 0 Å². The minimum absolute atomic E-state index is 0.0816. The third-order valence-electron chi connectivity index (χ3n) is 2.62. The number of sulfonamides is 1. The summed E-state index contributed by atoms with van der Waals surface area (Å²) >= 11 is 9.16. The molecular formula is C13H19BrClNO2S. The molecule has 0 atom stereocenters. The highest BCUT2D eigenvalue weighted by Crippen LogP contribution is 2.28. The lowest BCUT2D eigenvalue weighted by Crippen LogP contribution is -2.39. The van der Waals surface area contributed by atoms with Crippen molar-refractivity contribution >= 4 is 37.6 Å². The standard InChI is InChI=1S/C13H19BrClNO2S/c1-9(2)8-16(10(3)4)19(17,18)11-5-6-13(15)12(14)7-11/h5-7,9-10H,8H2,1-4H3. The second kappa shape index (κ2) is 6.57. The van der Waals surface area contributed by atoms with Crippen molar-refractivity contribution in [1.82, 2.24) is 4.31 Å². The highest BCUT2D eigenvalue weighted by Gasteiger charge is 2.27. The van der Waals surface area contributed by atoms with E-state index in [2.05, 4.69) is 15.9 Å². The van der Waals surface area contributed by atoms with Gasteiger partial charge in [0.1, 0.15) is 0 Å². The van der Waals surface area contributed by atoms with E-state index >= 15 is 0 Å². The van der Waals surface area contributed by atoms with E-state index in [4.69, 9.17) is 11.6 Å². The van der Waals surface area contributed by atoms with E-state index < -0.39 is 10.0 Å². The smallest absolute Gasteiger partial charge is 0.207 e. The Balaban J connectivity index is 3.22. The van der Waals surface area contributed by atoms with Crippen molar-refractivity contribution in [3.8, 4) is 0 Å². The predicted octanol–water partition coefficient (Wildman–Crippen LogP) is 4.16. The van der Waals surface area contributed by atoms with Crippen molar-refractivity contribution in [2.45, 2.75) is 38.6 Å². The Morgan fingerprint density at radius 1 is 1.26 bits per heavy atom. The quantitative estimate of drug-likeness (QED) is 0.782. The van der Waals surface area contributed by atoms with Crippen molar-refractivity contribution < 1.29 is 8.42 Å². The second-order valence-electron chi connectivity index (χ2n) is 5.14. The van der Waals surface area contributed by atoms with Gasteiger partial charge in [0.15, 0.2) is 0 Å². The molecule has 3 nitrogen and oxygen atoms in total. The van der Waals surface area contributed by atoms with Gasteiger partial charge in [0.05, 0.1) is 9.92 Å². The van der Waals surface area contributed by atoms with Gasteiger partial charge < -0.3 is 0 Å². The van der Waals surface area contributed by atoms with Crippen LogP contribution in [-0.2, 0) is 10.0 Å². The Bertz CT molecular complexity index is 544. The van der Waals surface area contributed by atoms with Crippen LogP contribution in [0.25, 0.3) is 0 Å². The molecule has 1 aromatic rings. The third-order valence-corrected chi connectivity index (χ3v) is 5.87. The summed E-state index contributed by atoms with van der Waals surface area (Å²) in [5.74, 6) is 0.271. The fourth-order valence-corrected chi connectivity index (χ4v) is 4.19. The van der Waals surface area contributed by atoms with E-state index in [1.807, 2.05) is 27.7 Å². The molecule has 19 heavy (non-hydrogen) atoms. The van der Waals surface area contributed by atoms with E-state index in [1.165, 1.54) is 10.4 Å². The molecule has 0 amide bonds. The first-order chi connectivity index (χ1) is 8.66. The van der Waals surface area contributed by atoms with Gasteiger partial charge in [-0.2, -0.15) is 4.31 Å². The third kappa shape index (κ3) is 4.18. The van der Waals surface area contributed by atoms with Crippen LogP contribution in [0, 0.1) is 5.92 Å². The minimum atomic E-state index is -3.49. The van der Waals surface area contributed by atoms with Crippen LogP contribution in [0.15, 0.2) is 27.6 Å². The van der Waals surface area contributed by atoms with Crippen LogP contribution in [0.3, 0.4) is 0 Å². The molecule has 0 spiro atoms. The summed E-state index contributed by atoms with van der Waals surface area (Å²) < 4.78 is 27.4. The molecule has 0 radical (unpaired) electrons. The zero-order chi connectivity index (χ0) is 14.8. The molecule has 1 rings (SSSR count). The van der Waals surface area contributed by atoms with Gasteiger partial charge in [-0.3, -0.25) is 0 Å². The Morgan fingerprint density at radius 2 is 1.84 bits per heavy atom. The lowest BCUT2D eigenvalue weighted by molar-refractivity contribution is 0.319. The zero-order valence-electron chi connectivity index (χ0n) is 11.5. The van der Waals surface area contributed by atoms with Crippen molar-refractivity contribution in [3.05, 3.63) is 27.7 Å². The lowest BCUT2D eigenvalue weighted by atomic mass is 10.2. The van der Waals surface area contributed by atoms with Crippen LogP contribution in [0.2, 0.25) is 5.02 Å². The monoisotopic (exact) mass is 367 g/mol. The molecule has 0 fully saturated rings. The summed E-state index contributed by atoms with van der Waals surface area (Å²) in [6.07, 6.45) is 0. The summed E-state index contributed by atoms with van der Waals surface area (Å²) in [6.45, 7) is 8.27. The lowest BCUT2D eigenvalue weighted by Gasteiger charge is -2.27. The molecule has 0 aliphatic heterocycles. The van der Waals surface area contributed by atoms with Crippen LogP contribution < -0.4 is 0 Å². The molecule has 0 heterocycles. The largest absolute Gasteiger partial charge is 0.243 e. The molecule has 0 aromatic heterocycles. The number of halogens is 2. The summed E-state index contributed by atoms with van der Waals surface area (Å²) in [7, 11) is -3.49. The van der Waals surface area contributed by atoms with Gasteiger partial charge in [-0.15, -0.1) is 0 Å². The van der Waals surface area contributed by atoms with Crippen molar-refractivity contribution in [3.63, 3.8) is 0 Å². The number of hydrogen-bond donors (Lipinski definition) is 0. The minimum Gasteiger partial charge on any atom is -0.207 e. The second-order valence-corrected chi connectivity index (χ2v) is 8.29. The van der Waals surface area contributed by atoms with Crippen molar-refractivity contribution in [1.29, 1.82) is 0 Å². The number of rotatable bonds is 5. The summed E-state index contributed by atoms with van der Waals surface area (Å²) in [6, 6.07) is 4.60. The molecule has 6 heteroatoms. The molecule has 0 bridgehead atoms. The molecule has 0 unspecified atom stereocenters. The molecule has 108 valence electrons. The summed E-state index contributed by atoms with van der Waals surface area (Å²) in [5.41, 5.74) is 0. The Hall–Kier alpha value is -0.100. The normalized spacial score (nSPS) is 12.7. The molecule has 0 aliphatic carbocycles. The Morgan fingerprint density at radius 3 is 2.26 bits per heavy atom. The van der Waals surface area contributed by atoms with Crippen LogP contribution in [0.1, 0.15) is 27.7 Å². The maximum absolute atomic E-state index is 12.6. The highest BCUT2D eigenvalue weighted by molar-refractivity contribution is 9.10.